The Bertz CT molecular complexity index is 1430. The van der Waals surface area contributed by atoms with E-state index in [1.54, 1.807) is 56.3 Å². The van der Waals surface area contributed by atoms with Crippen LogP contribution in [0.5, 0.6) is 23.0 Å². The fourth-order valence-corrected chi connectivity index (χ4v) is 5.85. The van der Waals surface area contributed by atoms with Crippen LogP contribution in [-0.2, 0) is 0 Å². The van der Waals surface area contributed by atoms with Gasteiger partial charge in [-0.05, 0) is 86.0 Å². The minimum Gasteiger partial charge on any atom is -0.508 e. The van der Waals surface area contributed by atoms with Crippen LogP contribution in [0.3, 0.4) is 0 Å². The number of phenolic OH excluding ortho intramolecular Hbond substituents is 1. The molecule has 0 amide bonds. The van der Waals surface area contributed by atoms with Crippen molar-refractivity contribution in [1.29, 1.82) is 0 Å². The fraction of sp³-hybridized carbons (Fsp3) is 0.276. The third kappa shape index (κ3) is 5.31. The van der Waals surface area contributed by atoms with Crippen LogP contribution >= 0.6 is 11.3 Å². The Morgan fingerprint density at radius 1 is 1.08 bits per heavy atom. The summed E-state index contributed by atoms with van der Waals surface area (Å²) in [5.41, 5.74) is 1.53. The number of hydrogen-bond donors (Lipinski definition) is 1. The molecule has 1 aromatic heterocycles. The number of alkyl halides is 1. The van der Waals surface area contributed by atoms with Crippen molar-refractivity contribution in [2.24, 2.45) is 5.92 Å². The second-order valence-corrected chi connectivity index (χ2v) is 10.5. The van der Waals surface area contributed by atoms with E-state index in [1.165, 1.54) is 23.5 Å². The van der Waals surface area contributed by atoms with Crippen LogP contribution in [0.25, 0.3) is 10.1 Å². The van der Waals surface area contributed by atoms with Crippen molar-refractivity contribution in [3.63, 3.8) is 0 Å². The molecule has 0 bridgehead atoms. The van der Waals surface area contributed by atoms with E-state index in [2.05, 4.69) is 4.90 Å². The summed E-state index contributed by atoms with van der Waals surface area (Å²) >= 11 is 1.22. The highest BCUT2D eigenvalue weighted by Gasteiger charge is 2.25. The quantitative estimate of drug-likeness (QED) is 0.252. The number of fused-ring (bicyclic) bond motifs is 1. The predicted molar refractivity (Wildman–Crippen MR) is 140 cm³/mol. The number of likely N-dealkylation sites (tertiary alicyclic amines) is 1. The van der Waals surface area contributed by atoms with Gasteiger partial charge >= 0.3 is 0 Å². The Kier molecular flexibility index (Phi) is 7.13. The van der Waals surface area contributed by atoms with Crippen molar-refractivity contribution in [3.05, 3.63) is 82.0 Å². The molecule has 1 aliphatic rings. The molecule has 0 spiro atoms. The lowest BCUT2D eigenvalue weighted by Crippen LogP contribution is -2.26. The zero-order valence-electron chi connectivity index (χ0n) is 20.6. The van der Waals surface area contributed by atoms with Gasteiger partial charge in [0.05, 0.1) is 6.67 Å². The van der Waals surface area contributed by atoms with E-state index in [1.807, 2.05) is 0 Å². The molecule has 1 fully saturated rings. The first-order valence-electron chi connectivity index (χ1n) is 12.1. The number of hydrogen-bond acceptors (Lipinski definition) is 6. The first-order valence-corrected chi connectivity index (χ1v) is 12.9. The molecule has 4 aromatic rings. The van der Waals surface area contributed by atoms with Gasteiger partial charge in [-0.1, -0.05) is 0 Å². The molecule has 2 heterocycles. The predicted octanol–water partition coefficient (Wildman–Crippen LogP) is 7.01. The number of rotatable bonds is 8. The van der Waals surface area contributed by atoms with Crippen LogP contribution in [0.1, 0.15) is 32.8 Å². The molecule has 0 saturated carbocycles. The lowest BCUT2D eigenvalue weighted by molar-refractivity contribution is 0.103. The number of nitrogens with zero attached hydrogens (tertiary/aromatic N) is 1. The van der Waals surface area contributed by atoms with Crippen LogP contribution < -0.4 is 9.47 Å². The monoisotopic (exact) mass is 523 g/mol. The molecule has 0 aliphatic carbocycles. The van der Waals surface area contributed by atoms with E-state index in [9.17, 15) is 18.7 Å². The Hall–Kier alpha value is -3.49. The van der Waals surface area contributed by atoms with Gasteiger partial charge in [0, 0.05) is 34.7 Å². The van der Waals surface area contributed by atoms with Gasteiger partial charge in [-0.25, -0.2) is 4.39 Å². The zero-order valence-corrected chi connectivity index (χ0v) is 21.4. The maximum absolute atomic E-state index is 13.9. The maximum atomic E-state index is 13.9. The second kappa shape index (κ2) is 10.5. The summed E-state index contributed by atoms with van der Waals surface area (Å²) in [6.45, 7) is 5.03. The Balaban J connectivity index is 1.41. The van der Waals surface area contributed by atoms with Gasteiger partial charge in [0.15, 0.2) is 5.75 Å². The largest absolute Gasteiger partial charge is 0.508 e. The van der Waals surface area contributed by atoms with Crippen molar-refractivity contribution in [3.8, 4) is 23.0 Å². The highest BCUT2D eigenvalue weighted by atomic mass is 32.1. The first-order chi connectivity index (χ1) is 17.8. The Labute approximate surface area is 217 Å². The summed E-state index contributed by atoms with van der Waals surface area (Å²) in [5.74, 6) is 1.08. The number of halogens is 2. The third-order valence-electron chi connectivity index (χ3n) is 6.60. The normalized spacial score (nSPS) is 15.8. The number of carbonyl (C=O) groups is 1. The summed E-state index contributed by atoms with van der Waals surface area (Å²) < 4.78 is 39.5. The van der Waals surface area contributed by atoms with Crippen molar-refractivity contribution in [2.45, 2.75) is 20.3 Å². The molecule has 8 heteroatoms. The van der Waals surface area contributed by atoms with E-state index in [0.29, 0.717) is 62.2 Å². The Morgan fingerprint density at radius 3 is 2.46 bits per heavy atom. The molecule has 192 valence electrons. The molecular formula is C29H27F2NO4S. The fourth-order valence-electron chi connectivity index (χ4n) is 4.74. The molecule has 1 aliphatic heterocycles. The van der Waals surface area contributed by atoms with Crippen LogP contribution in [0.4, 0.5) is 8.78 Å². The van der Waals surface area contributed by atoms with Crippen LogP contribution in [0.15, 0.2) is 54.6 Å². The van der Waals surface area contributed by atoms with E-state index >= 15 is 0 Å². The minimum absolute atomic E-state index is 0.0844. The minimum atomic E-state index is -0.390. The number of aryl methyl sites for hydroxylation is 2. The summed E-state index contributed by atoms with van der Waals surface area (Å²) in [4.78, 5) is 16.1. The summed E-state index contributed by atoms with van der Waals surface area (Å²) in [7, 11) is 0. The summed E-state index contributed by atoms with van der Waals surface area (Å²) in [6, 6.07) is 14.6. The second-order valence-electron chi connectivity index (χ2n) is 9.42. The Morgan fingerprint density at radius 2 is 1.78 bits per heavy atom. The maximum Gasteiger partial charge on any atom is 0.207 e. The number of phenols is 1. The van der Waals surface area contributed by atoms with E-state index in [4.69, 9.17) is 9.47 Å². The summed E-state index contributed by atoms with van der Waals surface area (Å²) in [5, 5.41) is 10.7. The van der Waals surface area contributed by atoms with Crippen molar-refractivity contribution < 1.29 is 28.2 Å². The molecule has 37 heavy (non-hydrogen) atoms. The molecule has 5 rings (SSSR count). The van der Waals surface area contributed by atoms with Crippen molar-refractivity contribution in [1.82, 2.24) is 4.90 Å². The summed E-state index contributed by atoms with van der Waals surface area (Å²) in [6.07, 6.45) is 0.844. The van der Waals surface area contributed by atoms with Gasteiger partial charge in [0.25, 0.3) is 0 Å². The molecule has 1 unspecified atom stereocenters. The van der Waals surface area contributed by atoms with Crippen molar-refractivity contribution >= 4 is 27.2 Å². The van der Waals surface area contributed by atoms with Crippen LogP contribution in [-0.4, -0.2) is 42.3 Å². The number of thiophene rings is 1. The standard InChI is InChI=1S/C29H27F2NO4S/c1-17-11-20(31)12-18(2)26(17)27(34)29-28(24-8-3-21(33)13-25(24)37-29)36-23-6-4-22(5-7-23)35-16-32-10-9-19(14-30)15-32/h3-8,11-13,19,33H,9-10,14-16H2,1-2H3. The number of carbonyl (C=O) groups excluding carboxylic acids is 1. The average Bonchev–Trinajstić information content (AvgIpc) is 3.47. The van der Waals surface area contributed by atoms with E-state index < -0.39 is 5.82 Å². The lowest BCUT2D eigenvalue weighted by Gasteiger charge is -2.16. The van der Waals surface area contributed by atoms with Crippen LogP contribution in [0, 0.1) is 25.6 Å². The number of benzene rings is 3. The SMILES string of the molecule is Cc1cc(F)cc(C)c1C(=O)c1sc2cc(O)ccc2c1Oc1ccc(OCN2CCC(CF)C2)cc1. The molecule has 5 nitrogen and oxygen atoms in total. The van der Waals surface area contributed by atoms with Gasteiger partial charge in [-0.15, -0.1) is 11.3 Å². The first kappa shape index (κ1) is 25.2. The number of ketones is 1. The topological polar surface area (TPSA) is 59.0 Å². The molecule has 1 N–H and O–H groups in total. The third-order valence-corrected chi connectivity index (χ3v) is 7.74. The van der Waals surface area contributed by atoms with Gasteiger partial charge < -0.3 is 14.6 Å². The molecule has 0 radical (unpaired) electrons. The van der Waals surface area contributed by atoms with E-state index in [0.717, 1.165) is 13.0 Å². The zero-order chi connectivity index (χ0) is 26.1. The number of ether oxygens (including phenoxy) is 2. The average molecular weight is 524 g/mol. The highest BCUT2D eigenvalue weighted by molar-refractivity contribution is 7.21. The lowest BCUT2D eigenvalue weighted by atomic mass is 9.97. The molecule has 1 saturated heterocycles. The van der Waals surface area contributed by atoms with Crippen LogP contribution in [0.2, 0.25) is 0 Å². The highest BCUT2D eigenvalue weighted by Crippen LogP contribution is 2.43. The molecule has 1 atom stereocenters. The number of aromatic hydroxyl groups is 1. The molecular weight excluding hydrogens is 496 g/mol. The smallest absolute Gasteiger partial charge is 0.207 e. The van der Waals surface area contributed by atoms with Gasteiger partial charge in [0.1, 0.15) is 34.7 Å². The van der Waals surface area contributed by atoms with Gasteiger partial charge in [0.2, 0.25) is 5.78 Å². The van der Waals surface area contributed by atoms with Crippen molar-refractivity contribution in [2.75, 3.05) is 26.5 Å². The molecule has 3 aromatic carbocycles. The van der Waals surface area contributed by atoms with Gasteiger partial charge in [-0.2, -0.15) is 0 Å². The van der Waals surface area contributed by atoms with Gasteiger partial charge in [-0.3, -0.25) is 14.1 Å². The van der Waals surface area contributed by atoms with E-state index in [-0.39, 0.29) is 24.1 Å².